The molecule has 0 saturated heterocycles. The van der Waals surface area contributed by atoms with Gasteiger partial charge in [-0.2, -0.15) is 0 Å². The van der Waals surface area contributed by atoms with Crippen molar-refractivity contribution < 1.29 is 13.2 Å². The lowest BCUT2D eigenvalue weighted by atomic mass is 10.1. The molecule has 132 valence electrons. The molecule has 0 radical (unpaired) electrons. The van der Waals surface area contributed by atoms with Gasteiger partial charge in [-0.05, 0) is 60.7 Å². The molecule has 0 unspecified atom stereocenters. The summed E-state index contributed by atoms with van der Waals surface area (Å²) in [6, 6.07) is 12.3. The SMILES string of the molecule is CCCc1ccc(NS(=O)(=O)c2ccc3c(c2)CCCC(=O)N3)cc1. The molecule has 0 spiro atoms. The number of anilines is 2. The van der Waals surface area contributed by atoms with Gasteiger partial charge in [0.2, 0.25) is 5.91 Å². The van der Waals surface area contributed by atoms with E-state index in [1.807, 2.05) is 12.1 Å². The second-order valence-electron chi connectivity index (χ2n) is 6.27. The maximum absolute atomic E-state index is 12.6. The largest absolute Gasteiger partial charge is 0.326 e. The van der Waals surface area contributed by atoms with Crippen LogP contribution in [-0.4, -0.2) is 14.3 Å². The molecule has 1 aliphatic heterocycles. The Hall–Kier alpha value is -2.34. The van der Waals surface area contributed by atoms with Crippen molar-refractivity contribution in [2.75, 3.05) is 10.0 Å². The molecule has 3 rings (SSSR count). The van der Waals surface area contributed by atoms with Gasteiger partial charge >= 0.3 is 0 Å². The Morgan fingerprint density at radius 3 is 2.56 bits per heavy atom. The lowest BCUT2D eigenvalue weighted by molar-refractivity contribution is -0.116. The van der Waals surface area contributed by atoms with Crippen LogP contribution in [0.4, 0.5) is 11.4 Å². The first-order valence-electron chi connectivity index (χ1n) is 8.52. The maximum Gasteiger partial charge on any atom is 0.261 e. The number of fused-ring (bicyclic) bond motifs is 1. The zero-order valence-electron chi connectivity index (χ0n) is 14.2. The van der Waals surface area contributed by atoms with Crippen molar-refractivity contribution in [3.63, 3.8) is 0 Å². The third kappa shape index (κ3) is 4.20. The molecule has 2 aromatic carbocycles. The fourth-order valence-electron chi connectivity index (χ4n) is 2.96. The minimum atomic E-state index is -3.66. The van der Waals surface area contributed by atoms with E-state index in [2.05, 4.69) is 17.0 Å². The molecule has 0 atom stereocenters. The highest BCUT2D eigenvalue weighted by atomic mass is 32.2. The molecule has 2 N–H and O–H groups in total. The van der Waals surface area contributed by atoms with Crippen molar-refractivity contribution in [3.8, 4) is 0 Å². The van der Waals surface area contributed by atoms with Gasteiger partial charge in [-0.15, -0.1) is 0 Å². The van der Waals surface area contributed by atoms with Crippen molar-refractivity contribution in [2.45, 2.75) is 43.9 Å². The Morgan fingerprint density at radius 2 is 1.84 bits per heavy atom. The predicted octanol–water partition coefficient (Wildman–Crippen LogP) is 3.71. The van der Waals surface area contributed by atoms with E-state index in [-0.39, 0.29) is 10.8 Å². The quantitative estimate of drug-likeness (QED) is 0.855. The van der Waals surface area contributed by atoms with Crippen LogP contribution in [-0.2, 0) is 27.7 Å². The normalized spacial score (nSPS) is 14.4. The van der Waals surface area contributed by atoms with Crippen molar-refractivity contribution in [3.05, 3.63) is 53.6 Å². The third-order valence-electron chi connectivity index (χ3n) is 4.26. The Bertz CT molecular complexity index is 874. The van der Waals surface area contributed by atoms with Crippen molar-refractivity contribution in [1.29, 1.82) is 0 Å². The summed E-state index contributed by atoms with van der Waals surface area (Å²) in [4.78, 5) is 11.8. The smallest absolute Gasteiger partial charge is 0.261 e. The zero-order valence-corrected chi connectivity index (χ0v) is 15.0. The summed E-state index contributed by atoms with van der Waals surface area (Å²) < 4.78 is 27.9. The fourth-order valence-corrected chi connectivity index (χ4v) is 4.07. The van der Waals surface area contributed by atoms with Gasteiger partial charge in [-0.25, -0.2) is 8.42 Å². The number of carbonyl (C=O) groups excluding carboxylic acids is 1. The van der Waals surface area contributed by atoms with Crippen LogP contribution in [0, 0.1) is 0 Å². The Balaban J connectivity index is 1.82. The average Bonchev–Trinajstić information content (AvgIpc) is 2.76. The van der Waals surface area contributed by atoms with Gasteiger partial charge in [-0.3, -0.25) is 9.52 Å². The van der Waals surface area contributed by atoms with E-state index >= 15 is 0 Å². The van der Waals surface area contributed by atoms with Crippen LogP contribution in [0.3, 0.4) is 0 Å². The Kier molecular flexibility index (Phi) is 5.08. The van der Waals surface area contributed by atoms with Gasteiger partial charge < -0.3 is 5.32 Å². The summed E-state index contributed by atoms with van der Waals surface area (Å²) in [7, 11) is -3.66. The second-order valence-corrected chi connectivity index (χ2v) is 7.96. The summed E-state index contributed by atoms with van der Waals surface area (Å²) in [5, 5.41) is 2.81. The molecule has 0 saturated carbocycles. The van der Waals surface area contributed by atoms with Crippen LogP contribution in [0.5, 0.6) is 0 Å². The summed E-state index contributed by atoms with van der Waals surface area (Å²) >= 11 is 0. The number of carbonyl (C=O) groups is 1. The van der Waals surface area contributed by atoms with Gasteiger partial charge in [0.25, 0.3) is 10.0 Å². The van der Waals surface area contributed by atoms with Gasteiger partial charge in [0.15, 0.2) is 0 Å². The van der Waals surface area contributed by atoms with Crippen LogP contribution < -0.4 is 10.0 Å². The number of hydrogen-bond donors (Lipinski definition) is 2. The molecule has 0 aromatic heterocycles. The summed E-state index contributed by atoms with van der Waals surface area (Å²) in [6.45, 7) is 2.11. The number of nitrogens with one attached hydrogen (secondary N) is 2. The molecule has 0 aliphatic carbocycles. The van der Waals surface area contributed by atoms with Crippen LogP contribution in [0.25, 0.3) is 0 Å². The van der Waals surface area contributed by atoms with Gasteiger partial charge in [0.1, 0.15) is 0 Å². The molecular formula is C19H22N2O3S. The summed E-state index contributed by atoms with van der Waals surface area (Å²) in [5.41, 5.74) is 3.28. The minimum absolute atomic E-state index is 0.0281. The van der Waals surface area contributed by atoms with Gasteiger partial charge in [0.05, 0.1) is 4.90 Å². The molecule has 2 aromatic rings. The van der Waals surface area contributed by atoms with Crippen LogP contribution in [0.1, 0.15) is 37.3 Å². The topological polar surface area (TPSA) is 75.3 Å². The maximum atomic E-state index is 12.6. The predicted molar refractivity (Wildman–Crippen MR) is 99.3 cm³/mol. The average molecular weight is 358 g/mol. The highest BCUT2D eigenvalue weighted by Crippen LogP contribution is 2.26. The highest BCUT2D eigenvalue weighted by molar-refractivity contribution is 7.92. The van der Waals surface area contributed by atoms with E-state index in [4.69, 9.17) is 0 Å². The number of rotatable bonds is 5. The zero-order chi connectivity index (χ0) is 17.9. The summed E-state index contributed by atoms with van der Waals surface area (Å²) in [6.07, 6.45) is 3.89. The summed E-state index contributed by atoms with van der Waals surface area (Å²) in [5.74, 6) is -0.0281. The van der Waals surface area contributed by atoms with E-state index in [1.54, 1.807) is 24.3 Å². The van der Waals surface area contributed by atoms with Gasteiger partial charge in [0, 0.05) is 17.8 Å². The van der Waals surface area contributed by atoms with E-state index in [0.29, 0.717) is 30.6 Å². The highest BCUT2D eigenvalue weighted by Gasteiger charge is 2.19. The van der Waals surface area contributed by atoms with E-state index < -0.39 is 10.0 Å². The molecule has 5 nitrogen and oxygen atoms in total. The molecule has 0 fully saturated rings. The van der Waals surface area contributed by atoms with Crippen LogP contribution in [0.15, 0.2) is 47.4 Å². The molecule has 0 bridgehead atoms. The number of hydrogen-bond acceptors (Lipinski definition) is 3. The van der Waals surface area contributed by atoms with Crippen molar-refractivity contribution in [2.24, 2.45) is 0 Å². The van der Waals surface area contributed by atoms with E-state index in [9.17, 15) is 13.2 Å². The van der Waals surface area contributed by atoms with E-state index in [1.165, 1.54) is 11.6 Å². The van der Waals surface area contributed by atoms with E-state index in [0.717, 1.165) is 18.4 Å². The molecule has 1 amide bonds. The second kappa shape index (κ2) is 7.27. The number of benzene rings is 2. The first-order chi connectivity index (χ1) is 12.0. The molecule has 1 heterocycles. The molecular weight excluding hydrogens is 336 g/mol. The third-order valence-corrected chi connectivity index (χ3v) is 5.63. The standard InChI is InChI=1S/C19H22N2O3S/c1-2-4-14-7-9-16(10-8-14)21-25(23,24)17-11-12-18-15(13-17)5-3-6-19(22)20-18/h7-13,21H,2-6H2,1H3,(H,20,22). The number of amides is 1. The molecule has 25 heavy (non-hydrogen) atoms. The van der Waals surface area contributed by atoms with Gasteiger partial charge in [-0.1, -0.05) is 25.5 Å². The number of aryl methyl sites for hydroxylation is 2. The molecule has 6 heteroatoms. The lowest BCUT2D eigenvalue weighted by Crippen LogP contribution is -2.14. The monoisotopic (exact) mass is 358 g/mol. The first kappa shape index (κ1) is 17.5. The number of sulfonamides is 1. The van der Waals surface area contributed by atoms with Crippen molar-refractivity contribution in [1.82, 2.24) is 0 Å². The van der Waals surface area contributed by atoms with Crippen LogP contribution in [0.2, 0.25) is 0 Å². The Labute approximate surface area is 148 Å². The Morgan fingerprint density at radius 1 is 1.08 bits per heavy atom. The van der Waals surface area contributed by atoms with Crippen molar-refractivity contribution >= 4 is 27.3 Å². The van der Waals surface area contributed by atoms with Crippen LogP contribution >= 0.6 is 0 Å². The first-order valence-corrected chi connectivity index (χ1v) is 10.0. The lowest BCUT2D eigenvalue weighted by Gasteiger charge is -2.12. The molecule has 1 aliphatic rings. The fraction of sp³-hybridized carbons (Fsp3) is 0.316. The minimum Gasteiger partial charge on any atom is -0.326 e.